The second kappa shape index (κ2) is 11.6. The summed E-state index contributed by atoms with van der Waals surface area (Å²) in [5, 5.41) is 13.6. The van der Waals surface area contributed by atoms with Crippen LogP contribution in [-0.4, -0.2) is 44.2 Å². The van der Waals surface area contributed by atoms with Crippen LogP contribution in [0.5, 0.6) is 17.2 Å². The van der Waals surface area contributed by atoms with Gasteiger partial charge in [-0.2, -0.15) is 0 Å². The van der Waals surface area contributed by atoms with Gasteiger partial charge in [-0.1, -0.05) is 11.6 Å². The maximum Gasteiger partial charge on any atom is 0.331 e. The second-order valence-electron chi connectivity index (χ2n) is 6.10. The molecule has 2 rings (SSSR count). The van der Waals surface area contributed by atoms with Crippen molar-refractivity contribution in [3.8, 4) is 17.2 Å². The third-order valence-corrected chi connectivity index (χ3v) is 4.24. The fourth-order valence-electron chi connectivity index (χ4n) is 2.58. The van der Waals surface area contributed by atoms with Crippen molar-refractivity contribution in [2.45, 2.75) is 6.92 Å². The number of hydrogen-bond acceptors (Lipinski definition) is 8. The molecule has 170 valence electrons. The number of carbonyl (C=O) groups excluding carboxylic acids is 2. The van der Waals surface area contributed by atoms with Crippen molar-refractivity contribution in [3.05, 3.63) is 57.1 Å². The average molecular weight is 465 g/mol. The zero-order valence-corrected chi connectivity index (χ0v) is 18.3. The minimum atomic E-state index is -0.763. The van der Waals surface area contributed by atoms with E-state index in [0.29, 0.717) is 28.7 Å². The first kappa shape index (κ1) is 24.5. The summed E-state index contributed by atoms with van der Waals surface area (Å²) in [6.45, 7) is 1.64. The van der Waals surface area contributed by atoms with Gasteiger partial charge >= 0.3 is 5.97 Å². The molecule has 0 saturated heterocycles. The maximum absolute atomic E-state index is 12.1. The number of rotatable bonds is 10. The Kier molecular flexibility index (Phi) is 8.84. The van der Waals surface area contributed by atoms with Gasteiger partial charge < -0.3 is 24.3 Å². The smallest absolute Gasteiger partial charge is 0.331 e. The SMILES string of the molecule is CCOc1cc(/C=C/C(=O)OCC(=O)Nc2ccc([N+](=O)[O-])cc2OC)cc(Cl)c1OC. The first-order valence-corrected chi connectivity index (χ1v) is 9.64. The molecule has 0 spiro atoms. The number of methoxy groups -OCH3 is 2. The zero-order chi connectivity index (χ0) is 23.7. The molecule has 10 nitrogen and oxygen atoms in total. The number of halogens is 1. The molecule has 0 aliphatic rings. The van der Waals surface area contributed by atoms with Crippen LogP contribution in [0.15, 0.2) is 36.4 Å². The van der Waals surface area contributed by atoms with Crippen molar-refractivity contribution in [2.75, 3.05) is 32.8 Å². The summed E-state index contributed by atoms with van der Waals surface area (Å²) in [6, 6.07) is 6.93. The van der Waals surface area contributed by atoms with E-state index in [1.165, 1.54) is 38.5 Å². The molecule has 0 heterocycles. The molecule has 0 aliphatic heterocycles. The van der Waals surface area contributed by atoms with Crippen LogP contribution in [-0.2, 0) is 14.3 Å². The van der Waals surface area contributed by atoms with Crippen molar-refractivity contribution in [3.63, 3.8) is 0 Å². The Bertz CT molecular complexity index is 1040. The van der Waals surface area contributed by atoms with E-state index in [4.69, 9.17) is 30.5 Å². The van der Waals surface area contributed by atoms with Gasteiger partial charge in [0.15, 0.2) is 18.1 Å². The lowest BCUT2D eigenvalue weighted by Crippen LogP contribution is -2.20. The van der Waals surface area contributed by atoms with Crippen LogP contribution in [0.2, 0.25) is 5.02 Å². The van der Waals surface area contributed by atoms with Gasteiger partial charge in [-0.15, -0.1) is 0 Å². The third-order valence-electron chi connectivity index (χ3n) is 3.96. The Morgan fingerprint density at radius 3 is 2.53 bits per heavy atom. The number of esters is 1. The molecular formula is C21H21ClN2O8. The fraction of sp³-hybridized carbons (Fsp3) is 0.238. The number of amides is 1. The Morgan fingerprint density at radius 2 is 1.91 bits per heavy atom. The van der Waals surface area contributed by atoms with Crippen molar-refractivity contribution in [2.24, 2.45) is 0 Å². The first-order valence-electron chi connectivity index (χ1n) is 9.26. The predicted molar refractivity (Wildman–Crippen MR) is 117 cm³/mol. The number of anilines is 1. The number of nitro groups is 1. The summed E-state index contributed by atoms with van der Waals surface area (Å²) in [6.07, 6.45) is 2.58. The van der Waals surface area contributed by atoms with E-state index in [9.17, 15) is 19.7 Å². The number of hydrogen-bond donors (Lipinski definition) is 1. The Hall–Kier alpha value is -3.79. The molecule has 0 unspecified atom stereocenters. The van der Waals surface area contributed by atoms with Gasteiger partial charge in [-0.05, 0) is 36.8 Å². The fourth-order valence-corrected chi connectivity index (χ4v) is 2.87. The van der Waals surface area contributed by atoms with Crippen LogP contribution in [0.4, 0.5) is 11.4 Å². The summed E-state index contributed by atoms with van der Waals surface area (Å²) < 4.78 is 20.6. The van der Waals surface area contributed by atoms with E-state index in [0.717, 1.165) is 6.08 Å². The molecular weight excluding hydrogens is 444 g/mol. The van der Waals surface area contributed by atoms with Crippen LogP contribution >= 0.6 is 11.6 Å². The highest BCUT2D eigenvalue weighted by atomic mass is 35.5. The molecule has 1 N–H and O–H groups in total. The van der Waals surface area contributed by atoms with Crippen LogP contribution < -0.4 is 19.5 Å². The minimum Gasteiger partial charge on any atom is -0.494 e. The number of nitrogens with zero attached hydrogens (tertiary/aromatic N) is 1. The van der Waals surface area contributed by atoms with E-state index >= 15 is 0 Å². The van der Waals surface area contributed by atoms with Gasteiger partial charge in [0.1, 0.15) is 5.75 Å². The summed E-state index contributed by atoms with van der Waals surface area (Å²) in [4.78, 5) is 34.3. The first-order chi connectivity index (χ1) is 15.3. The van der Waals surface area contributed by atoms with Crippen LogP contribution in [0.1, 0.15) is 12.5 Å². The zero-order valence-electron chi connectivity index (χ0n) is 17.5. The average Bonchev–Trinajstić information content (AvgIpc) is 2.76. The molecule has 1 amide bonds. The van der Waals surface area contributed by atoms with Crippen LogP contribution in [0.3, 0.4) is 0 Å². The highest BCUT2D eigenvalue weighted by Crippen LogP contribution is 2.36. The summed E-state index contributed by atoms with van der Waals surface area (Å²) in [7, 11) is 2.77. The van der Waals surface area contributed by atoms with E-state index in [1.807, 2.05) is 6.92 Å². The lowest BCUT2D eigenvalue weighted by Gasteiger charge is -2.11. The van der Waals surface area contributed by atoms with Gasteiger partial charge in [0.05, 0.1) is 42.5 Å². The molecule has 0 radical (unpaired) electrons. The lowest BCUT2D eigenvalue weighted by atomic mass is 10.2. The highest BCUT2D eigenvalue weighted by molar-refractivity contribution is 6.32. The molecule has 32 heavy (non-hydrogen) atoms. The van der Waals surface area contributed by atoms with Crippen molar-refractivity contribution >= 4 is 40.9 Å². The number of benzene rings is 2. The molecule has 0 aliphatic carbocycles. The lowest BCUT2D eigenvalue weighted by molar-refractivity contribution is -0.384. The number of carbonyl (C=O) groups is 2. The molecule has 2 aromatic rings. The summed E-state index contributed by atoms with van der Waals surface area (Å²) >= 11 is 6.16. The summed E-state index contributed by atoms with van der Waals surface area (Å²) in [5.41, 5.74) is 0.574. The molecule has 0 bridgehead atoms. The van der Waals surface area contributed by atoms with Gasteiger partial charge in [0, 0.05) is 12.1 Å². The van der Waals surface area contributed by atoms with Gasteiger partial charge in [0.25, 0.3) is 11.6 Å². The molecule has 0 atom stereocenters. The monoisotopic (exact) mass is 464 g/mol. The highest BCUT2D eigenvalue weighted by Gasteiger charge is 2.14. The standard InChI is InChI=1S/C21H21ClN2O8/c1-4-31-18-10-13(9-15(22)21(18)30-3)5-8-20(26)32-12-19(25)23-16-7-6-14(24(27)28)11-17(16)29-2/h5-11H,4,12H2,1-3H3,(H,23,25)/b8-5+. The van der Waals surface area contributed by atoms with Gasteiger partial charge in [0.2, 0.25) is 0 Å². The molecule has 0 aromatic heterocycles. The van der Waals surface area contributed by atoms with E-state index in [-0.39, 0.29) is 17.1 Å². The van der Waals surface area contributed by atoms with Crippen LogP contribution in [0.25, 0.3) is 6.08 Å². The second-order valence-corrected chi connectivity index (χ2v) is 6.51. The number of non-ortho nitro benzene ring substituents is 1. The maximum atomic E-state index is 12.1. The Morgan fingerprint density at radius 1 is 1.16 bits per heavy atom. The Balaban J connectivity index is 1.98. The number of ether oxygens (including phenoxy) is 4. The van der Waals surface area contributed by atoms with Gasteiger partial charge in [-0.3, -0.25) is 14.9 Å². The van der Waals surface area contributed by atoms with Crippen molar-refractivity contribution < 1.29 is 33.5 Å². The topological polar surface area (TPSA) is 126 Å². The van der Waals surface area contributed by atoms with Crippen molar-refractivity contribution in [1.82, 2.24) is 0 Å². The van der Waals surface area contributed by atoms with E-state index < -0.39 is 23.4 Å². The summed E-state index contributed by atoms with van der Waals surface area (Å²) in [5.74, 6) is -0.510. The number of nitrogens with one attached hydrogen (secondary N) is 1. The molecule has 2 aromatic carbocycles. The van der Waals surface area contributed by atoms with E-state index in [2.05, 4.69) is 5.32 Å². The Labute approximate surface area is 188 Å². The minimum absolute atomic E-state index is 0.0975. The molecule has 11 heteroatoms. The van der Waals surface area contributed by atoms with E-state index in [1.54, 1.807) is 12.1 Å². The van der Waals surface area contributed by atoms with Crippen molar-refractivity contribution in [1.29, 1.82) is 0 Å². The third kappa shape index (κ3) is 6.61. The molecule has 0 fully saturated rings. The van der Waals surface area contributed by atoms with Gasteiger partial charge in [-0.25, -0.2) is 4.79 Å². The quantitative estimate of drug-likeness (QED) is 0.243. The largest absolute Gasteiger partial charge is 0.494 e. The normalized spacial score (nSPS) is 10.5. The predicted octanol–water partition coefficient (Wildman–Crippen LogP) is 3.86. The van der Waals surface area contributed by atoms with Crippen LogP contribution in [0, 0.1) is 10.1 Å². The molecule has 0 saturated carbocycles. The number of nitro benzene ring substituents is 1.